The zero-order valence-electron chi connectivity index (χ0n) is 36.0. The van der Waals surface area contributed by atoms with E-state index in [2.05, 4.69) is 21.3 Å². The summed E-state index contributed by atoms with van der Waals surface area (Å²) in [5.41, 5.74) is -7.68. The Morgan fingerprint density at radius 2 is 1.72 bits per heavy atom. The number of hydrogen-bond donors (Lipinski definition) is 7. The summed E-state index contributed by atoms with van der Waals surface area (Å²) in [6.07, 6.45) is 7.05. The van der Waals surface area contributed by atoms with Crippen molar-refractivity contribution in [3.8, 4) is 0 Å². The van der Waals surface area contributed by atoms with E-state index in [1.165, 1.54) is 13.0 Å². The molecule has 4 aliphatic heterocycles. The van der Waals surface area contributed by atoms with Crippen molar-refractivity contribution in [2.75, 3.05) is 25.4 Å². The van der Waals surface area contributed by atoms with Gasteiger partial charge in [0.1, 0.15) is 22.9 Å². The molecule has 0 spiro atoms. The highest BCUT2D eigenvalue weighted by atomic mass is 32.2. The number of carbonyl (C=O) groups is 5. The van der Waals surface area contributed by atoms with Crippen LogP contribution in [0.5, 0.6) is 0 Å². The van der Waals surface area contributed by atoms with Gasteiger partial charge in [0.25, 0.3) is 0 Å². The Balaban J connectivity index is 0.874. The summed E-state index contributed by atoms with van der Waals surface area (Å²) in [6.45, 7) is 11.4. The molecule has 7 aliphatic rings. The van der Waals surface area contributed by atoms with Crippen LogP contribution in [0, 0.1) is 22.7 Å². The molecule has 15 nitrogen and oxygen atoms in total. The van der Waals surface area contributed by atoms with Crippen LogP contribution in [-0.2, 0) is 28.6 Å². The van der Waals surface area contributed by atoms with Crippen molar-refractivity contribution < 1.29 is 53.5 Å². The van der Waals surface area contributed by atoms with Crippen molar-refractivity contribution >= 4 is 41.5 Å². The van der Waals surface area contributed by atoms with E-state index < -0.39 is 69.3 Å². The maximum absolute atomic E-state index is 14.0. The van der Waals surface area contributed by atoms with Crippen LogP contribution in [0.3, 0.4) is 0 Å². The minimum absolute atomic E-state index is 0.0287. The highest BCUT2D eigenvalue weighted by molar-refractivity contribution is 8.00. The van der Waals surface area contributed by atoms with Crippen LogP contribution in [0.1, 0.15) is 119 Å². The fourth-order valence-corrected chi connectivity index (χ4v) is 13.7. The Hall–Kier alpha value is -3.18. The monoisotopic (exact) mass is 858 g/mol. The zero-order chi connectivity index (χ0) is 43.5. The molecule has 60 heavy (non-hydrogen) atoms. The maximum Gasteiger partial charge on any atom is 0.407 e. The fourth-order valence-electron chi connectivity index (χ4n) is 12.1. The lowest BCUT2D eigenvalue weighted by Crippen LogP contribution is -2.76. The third-order valence-electron chi connectivity index (χ3n) is 16.5. The van der Waals surface area contributed by atoms with Crippen LogP contribution in [0.25, 0.3) is 0 Å². The number of hydrogen-bond acceptors (Lipinski definition) is 12. The van der Waals surface area contributed by atoms with E-state index in [0.29, 0.717) is 43.2 Å². The number of allylic oxidation sites excluding steroid dienone is 1. The van der Waals surface area contributed by atoms with E-state index >= 15 is 0 Å². The van der Waals surface area contributed by atoms with Crippen LogP contribution >= 0.6 is 11.8 Å². The molecule has 7 rings (SSSR count). The number of rotatable bonds is 14. The number of cyclic esters (lactones) is 1. The molecular formula is C44H66N4O11S. The number of alkyl carbamates (subject to hydrolysis) is 1. The van der Waals surface area contributed by atoms with E-state index in [1.807, 2.05) is 25.6 Å². The van der Waals surface area contributed by atoms with Gasteiger partial charge < -0.3 is 50.8 Å². The van der Waals surface area contributed by atoms with E-state index in [1.54, 1.807) is 26.8 Å². The molecule has 0 aromatic carbocycles. The highest BCUT2D eigenvalue weighted by Crippen LogP contribution is 2.70. The molecule has 0 aromatic heterocycles. The van der Waals surface area contributed by atoms with Gasteiger partial charge in [0, 0.05) is 53.8 Å². The predicted molar refractivity (Wildman–Crippen MR) is 223 cm³/mol. The zero-order valence-corrected chi connectivity index (χ0v) is 36.8. The number of amides is 4. The van der Waals surface area contributed by atoms with Crippen molar-refractivity contribution in [1.29, 1.82) is 0 Å². The van der Waals surface area contributed by atoms with Crippen LogP contribution < -0.4 is 21.3 Å². The van der Waals surface area contributed by atoms with E-state index in [9.17, 15) is 39.3 Å². The third kappa shape index (κ3) is 7.17. The summed E-state index contributed by atoms with van der Waals surface area (Å²) in [6, 6.07) is 0.305. The second-order valence-corrected chi connectivity index (χ2v) is 20.7. The lowest BCUT2D eigenvalue weighted by molar-refractivity contribution is -0.312. The molecule has 4 amide bonds. The number of carbonyl (C=O) groups excluding carboxylic acids is 5. The van der Waals surface area contributed by atoms with Crippen molar-refractivity contribution in [2.24, 2.45) is 22.7 Å². The number of urea groups is 1. The van der Waals surface area contributed by atoms with Gasteiger partial charge in [0.15, 0.2) is 11.9 Å². The number of ketones is 1. The molecule has 16 heteroatoms. The van der Waals surface area contributed by atoms with Gasteiger partial charge in [0.2, 0.25) is 5.91 Å². The second-order valence-electron chi connectivity index (χ2n) is 19.4. The van der Waals surface area contributed by atoms with Gasteiger partial charge in [-0.25, -0.2) is 14.4 Å². The molecule has 2 saturated carbocycles. The predicted octanol–water partition coefficient (Wildman–Crippen LogP) is 3.72. The number of unbranched alkanes of at least 4 members (excludes halogenated alkanes) is 3. The van der Waals surface area contributed by atoms with E-state index in [4.69, 9.17) is 14.2 Å². The maximum atomic E-state index is 14.0. The van der Waals surface area contributed by atoms with Gasteiger partial charge >= 0.3 is 18.1 Å². The Bertz CT molecular complexity index is 1810. The summed E-state index contributed by atoms with van der Waals surface area (Å²) in [7, 11) is 0. The molecular weight excluding hydrogens is 793 g/mol. The first-order chi connectivity index (χ1) is 28.2. The summed E-state index contributed by atoms with van der Waals surface area (Å²) in [5.74, 6) is -0.751. The molecule has 0 radical (unpaired) electrons. The lowest BCUT2D eigenvalue weighted by atomic mass is 9.44. The highest BCUT2D eigenvalue weighted by Gasteiger charge is 2.78. The van der Waals surface area contributed by atoms with Gasteiger partial charge in [-0.05, 0) is 110 Å². The van der Waals surface area contributed by atoms with Crippen molar-refractivity contribution in [2.45, 2.75) is 171 Å². The van der Waals surface area contributed by atoms with Gasteiger partial charge in [-0.3, -0.25) is 9.59 Å². The number of esters is 1. The van der Waals surface area contributed by atoms with Gasteiger partial charge in [-0.15, -0.1) is 0 Å². The number of thioether (sulfide) groups is 1. The summed E-state index contributed by atoms with van der Waals surface area (Å²) >= 11 is 1.88. The van der Waals surface area contributed by atoms with E-state index in [0.717, 1.165) is 43.4 Å². The van der Waals surface area contributed by atoms with Crippen LogP contribution in [0.2, 0.25) is 0 Å². The molecule has 0 bridgehead atoms. The topological polar surface area (TPSA) is 222 Å². The average Bonchev–Trinajstić information content (AvgIpc) is 3.83. The largest absolute Gasteiger partial charge is 0.455 e. The quantitative estimate of drug-likeness (QED) is 0.0755. The van der Waals surface area contributed by atoms with Crippen molar-refractivity contribution in [3.63, 3.8) is 0 Å². The fraction of sp³-hybridized carbons (Fsp3) is 0.795. The molecule has 13 atom stereocenters. The van der Waals surface area contributed by atoms with E-state index in [-0.39, 0.29) is 62.1 Å². The average molecular weight is 859 g/mol. The van der Waals surface area contributed by atoms with Crippen LogP contribution in [0.15, 0.2) is 23.3 Å². The summed E-state index contributed by atoms with van der Waals surface area (Å²) in [5, 5.41) is 49.7. The standard InChI is InChI=1S/C44H66N4O11S/c1-25-22-33(58-36(51)26(25)2)41(5,54)44(56)19-18-43(55)28-23-57-42(6)32(15-14-31(49)40(42,4)27(28)16-17-39(43,44)3)59-38(53)46-21-11-7-10-20-45-34(50)13-9-8-12-30-35-29(24-60-30)47-37(52)48-35/h14-15,27-30,32-33,35,54-56H,7-13,16-24H2,1-6H3,(H,45,50)(H,46,53)(H2,47,48,52)/t27?,28?,29?,30?,32-,33?,35?,39-,40-,41-,42-,43+,44-/m0/s1. The third-order valence-corrected chi connectivity index (χ3v) is 18.0. The molecule has 7 N–H and O–H groups in total. The minimum Gasteiger partial charge on any atom is -0.455 e. The Kier molecular flexibility index (Phi) is 12.3. The normalized spacial score (nSPS) is 41.5. The van der Waals surface area contributed by atoms with Gasteiger partial charge in [0.05, 0.1) is 29.7 Å². The smallest absolute Gasteiger partial charge is 0.407 e. The molecule has 0 aromatic rings. The SMILES string of the molecule is CC1=C(C)C(=O)OC([C@](C)(O)[C@]2(O)CC[C@@]3(O)C4CO[C@@]5(C)[C@@H](OC(=O)NCCCCCNC(=O)CCCCC6SCC7NC(=O)NC76)C=CC(=O)[C@]5(C)C4CC[C@]23C)C1. The molecule has 3 saturated heterocycles. The Morgan fingerprint density at radius 3 is 2.45 bits per heavy atom. The number of aliphatic hydroxyl groups is 3. The molecule has 334 valence electrons. The van der Waals surface area contributed by atoms with Gasteiger partial charge in [-0.2, -0.15) is 11.8 Å². The minimum atomic E-state index is -1.90. The summed E-state index contributed by atoms with van der Waals surface area (Å²) < 4.78 is 18.2. The molecule has 5 fully saturated rings. The Morgan fingerprint density at radius 1 is 0.983 bits per heavy atom. The van der Waals surface area contributed by atoms with Crippen molar-refractivity contribution in [1.82, 2.24) is 21.3 Å². The molecule has 6 unspecified atom stereocenters. The number of fused-ring (bicyclic) bond motifs is 6. The molecule has 4 heterocycles. The second kappa shape index (κ2) is 16.5. The lowest BCUT2D eigenvalue weighted by Gasteiger charge is -2.66. The van der Waals surface area contributed by atoms with Crippen LogP contribution in [0.4, 0.5) is 9.59 Å². The summed E-state index contributed by atoms with van der Waals surface area (Å²) in [4.78, 5) is 63.8. The molecule has 3 aliphatic carbocycles. The number of nitrogens with one attached hydrogen (secondary N) is 4. The Labute approximate surface area is 357 Å². The van der Waals surface area contributed by atoms with Crippen LogP contribution in [-0.4, -0.2) is 122 Å². The first-order valence-corrected chi connectivity index (χ1v) is 23.1. The number of ether oxygens (including phenoxy) is 3. The van der Waals surface area contributed by atoms with Crippen molar-refractivity contribution in [3.05, 3.63) is 23.3 Å². The first kappa shape index (κ1) is 44.9. The first-order valence-electron chi connectivity index (χ1n) is 22.0. The van der Waals surface area contributed by atoms with Gasteiger partial charge in [-0.1, -0.05) is 18.9 Å².